The normalized spacial score (nSPS) is 13.5. The molecule has 4 heteroatoms. The van der Waals surface area contributed by atoms with Gasteiger partial charge >= 0.3 is 0 Å². The molecule has 2 rings (SSSR count). The Bertz CT molecular complexity index is 624. The quantitative estimate of drug-likeness (QED) is 0.782. The highest BCUT2D eigenvalue weighted by atomic mass is 79.9. The number of rotatable bonds is 4. The van der Waals surface area contributed by atoms with Gasteiger partial charge in [0.15, 0.2) is 0 Å². The topological polar surface area (TPSA) is 29.1 Å². The molecule has 1 unspecified atom stereocenters. The molecule has 0 bridgehead atoms. The molecule has 2 nitrogen and oxygen atoms in total. The number of amides is 1. The third kappa shape index (κ3) is 3.86. The molecule has 0 fully saturated rings. The number of benzene rings is 2. The Hall–Kier alpha value is -1.32. The fourth-order valence-electron chi connectivity index (χ4n) is 2.18. The minimum Gasteiger partial charge on any atom is -0.342 e. The molecule has 0 saturated carbocycles. The van der Waals surface area contributed by atoms with Gasteiger partial charge in [0, 0.05) is 15.9 Å². The van der Waals surface area contributed by atoms with E-state index in [-0.39, 0.29) is 5.91 Å². The van der Waals surface area contributed by atoms with Gasteiger partial charge in [0.2, 0.25) is 0 Å². The lowest BCUT2D eigenvalue weighted by Crippen LogP contribution is -2.44. The van der Waals surface area contributed by atoms with Crippen LogP contribution in [0.5, 0.6) is 0 Å². The van der Waals surface area contributed by atoms with Crippen molar-refractivity contribution in [1.82, 2.24) is 5.32 Å². The molecule has 1 atom stereocenters. The van der Waals surface area contributed by atoms with Crippen LogP contribution in [-0.2, 0) is 5.54 Å². The minimum absolute atomic E-state index is 0.133. The largest absolute Gasteiger partial charge is 0.342 e. The van der Waals surface area contributed by atoms with Crippen molar-refractivity contribution >= 4 is 33.4 Å². The number of hydrogen-bond donors (Lipinski definition) is 1. The fourth-order valence-corrected chi connectivity index (χ4v) is 2.93. The first kappa shape index (κ1) is 16.1. The Morgan fingerprint density at radius 2 is 1.90 bits per heavy atom. The molecule has 110 valence electrons. The zero-order valence-corrected chi connectivity index (χ0v) is 14.3. The van der Waals surface area contributed by atoms with Crippen LogP contribution >= 0.6 is 27.5 Å². The maximum atomic E-state index is 12.5. The highest BCUT2D eigenvalue weighted by Gasteiger charge is 2.27. The van der Waals surface area contributed by atoms with E-state index in [4.69, 9.17) is 11.6 Å². The van der Waals surface area contributed by atoms with Crippen LogP contribution in [0, 0.1) is 6.92 Å². The molecule has 0 aliphatic carbocycles. The van der Waals surface area contributed by atoms with E-state index in [9.17, 15) is 4.79 Å². The molecule has 1 amide bonds. The lowest BCUT2D eigenvalue weighted by molar-refractivity contribution is 0.0914. The van der Waals surface area contributed by atoms with Crippen LogP contribution in [0.15, 0.2) is 48.5 Å². The van der Waals surface area contributed by atoms with E-state index in [0.29, 0.717) is 15.9 Å². The summed E-state index contributed by atoms with van der Waals surface area (Å²) in [5, 5.41) is 4.28. The molecule has 2 aromatic rings. The first-order valence-corrected chi connectivity index (χ1v) is 8.16. The van der Waals surface area contributed by atoms with Crippen LogP contribution in [0.1, 0.15) is 28.4 Å². The predicted molar refractivity (Wildman–Crippen MR) is 91.2 cm³/mol. The zero-order chi connectivity index (χ0) is 15.5. The second kappa shape index (κ2) is 6.63. The van der Waals surface area contributed by atoms with Gasteiger partial charge in [0.05, 0.1) is 5.54 Å². The smallest absolute Gasteiger partial charge is 0.252 e. The molecular weight excluding hydrogens is 350 g/mol. The van der Waals surface area contributed by atoms with Crippen molar-refractivity contribution in [3.63, 3.8) is 0 Å². The maximum Gasteiger partial charge on any atom is 0.252 e. The highest BCUT2D eigenvalue weighted by Crippen LogP contribution is 2.24. The van der Waals surface area contributed by atoms with E-state index in [0.717, 1.165) is 11.1 Å². The molecule has 0 aliphatic rings. The van der Waals surface area contributed by atoms with E-state index in [2.05, 4.69) is 21.2 Å². The number of alkyl halides is 1. The molecule has 21 heavy (non-hydrogen) atoms. The van der Waals surface area contributed by atoms with Gasteiger partial charge in [-0.05, 0) is 43.2 Å². The summed E-state index contributed by atoms with van der Waals surface area (Å²) in [5.74, 6) is -0.133. The van der Waals surface area contributed by atoms with Gasteiger partial charge in [-0.3, -0.25) is 4.79 Å². The molecule has 0 heterocycles. The van der Waals surface area contributed by atoms with Crippen molar-refractivity contribution < 1.29 is 4.79 Å². The SMILES string of the molecule is Cc1cc(Cl)cc(C(=O)NC(C)(CBr)c2ccccc2)c1. The van der Waals surface area contributed by atoms with Crippen molar-refractivity contribution in [2.75, 3.05) is 5.33 Å². The number of carbonyl (C=O) groups excluding carboxylic acids is 1. The molecule has 0 radical (unpaired) electrons. The van der Waals surface area contributed by atoms with E-state index in [1.807, 2.05) is 56.3 Å². The first-order chi connectivity index (χ1) is 9.94. The maximum absolute atomic E-state index is 12.5. The highest BCUT2D eigenvalue weighted by molar-refractivity contribution is 9.09. The average Bonchev–Trinajstić information content (AvgIpc) is 2.47. The van der Waals surface area contributed by atoms with E-state index in [1.165, 1.54) is 0 Å². The summed E-state index contributed by atoms with van der Waals surface area (Å²) in [4.78, 5) is 12.5. The number of carbonyl (C=O) groups is 1. The standard InChI is InChI=1S/C17H17BrClNO/c1-12-8-13(10-15(19)9-12)16(21)20-17(2,11-18)14-6-4-3-5-7-14/h3-10H,11H2,1-2H3,(H,20,21). The molecular formula is C17H17BrClNO. The third-order valence-electron chi connectivity index (χ3n) is 3.37. The van der Waals surface area contributed by atoms with Crippen molar-refractivity contribution in [1.29, 1.82) is 0 Å². The summed E-state index contributed by atoms with van der Waals surface area (Å²) in [6, 6.07) is 15.2. The van der Waals surface area contributed by atoms with E-state index >= 15 is 0 Å². The van der Waals surface area contributed by atoms with Gasteiger partial charge in [-0.1, -0.05) is 57.9 Å². The second-order valence-corrected chi connectivity index (χ2v) is 6.30. The van der Waals surface area contributed by atoms with Crippen LogP contribution in [-0.4, -0.2) is 11.2 Å². The Balaban J connectivity index is 2.28. The lowest BCUT2D eigenvalue weighted by Gasteiger charge is -2.29. The number of aryl methyl sites for hydroxylation is 1. The molecule has 2 aromatic carbocycles. The Labute approximate surface area is 138 Å². The van der Waals surface area contributed by atoms with Crippen LogP contribution < -0.4 is 5.32 Å². The fraction of sp³-hybridized carbons (Fsp3) is 0.235. The molecule has 0 spiro atoms. The van der Waals surface area contributed by atoms with Gasteiger partial charge in [-0.15, -0.1) is 0 Å². The Kier molecular flexibility index (Phi) is 5.07. The van der Waals surface area contributed by atoms with Crippen LogP contribution in [0.3, 0.4) is 0 Å². The molecule has 0 aromatic heterocycles. The van der Waals surface area contributed by atoms with E-state index in [1.54, 1.807) is 6.07 Å². The first-order valence-electron chi connectivity index (χ1n) is 6.66. The van der Waals surface area contributed by atoms with Gasteiger partial charge in [-0.2, -0.15) is 0 Å². The monoisotopic (exact) mass is 365 g/mol. The Morgan fingerprint density at radius 3 is 2.48 bits per heavy atom. The van der Waals surface area contributed by atoms with Gasteiger partial charge in [-0.25, -0.2) is 0 Å². The number of nitrogens with one attached hydrogen (secondary N) is 1. The predicted octanol–water partition coefficient (Wildman–Crippen LogP) is 4.69. The van der Waals surface area contributed by atoms with Crippen molar-refractivity contribution in [2.24, 2.45) is 0 Å². The third-order valence-corrected chi connectivity index (χ3v) is 4.71. The van der Waals surface area contributed by atoms with Gasteiger partial charge in [0.1, 0.15) is 0 Å². The number of halogens is 2. The molecule has 0 saturated heterocycles. The van der Waals surface area contributed by atoms with Crippen molar-refractivity contribution in [3.8, 4) is 0 Å². The summed E-state index contributed by atoms with van der Waals surface area (Å²) in [5.41, 5.74) is 2.11. The zero-order valence-electron chi connectivity index (χ0n) is 12.0. The summed E-state index contributed by atoms with van der Waals surface area (Å²) in [7, 11) is 0. The van der Waals surface area contributed by atoms with Crippen LogP contribution in [0.2, 0.25) is 5.02 Å². The molecule has 0 aliphatic heterocycles. The van der Waals surface area contributed by atoms with Gasteiger partial charge < -0.3 is 5.32 Å². The summed E-state index contributed by atoms with van der Waals surface area (Å²) < 4.78 is 0. The minimum atomic E-state index is -0.478. The van der Waals surface area contributed by atoms with Gasteiger partial charge in [0.25, 0.3) is 5.91 Å². The van der Waals surface area contributed by atoms with Crippen LogP contribution in [0.25, 0.3) is 0 Å². The summed E-state index contributed by atoms with van der Waals surface area (Å²) >= 11 is 9.52. The summed E-state index contributed by atoms with van der Waals surface area (Å²) in [6.45, 7) is 3.91. The van der Waals surface area contributed by atoms with Crippen LogP contribution in [0.4, 0.5) is 0 Å². The van der Waals surface area contributed by atoms with Crippen molar-refractivity contribution in [2.45, 2.75) is 19.4 Å². The Morgan fingerprint density at radius 1 is 1.24 bits per heavy atom. The lowest BCUT2D eigenvalue weighted by atomic mass is 9.93. The second-order valence-electron chi connectivity index (χ2n) is 5.30. The van der Waals surface area contributed by atoms with E-state index < -0.39 is 5.54 Å². The average molecular weight is 367 g/mol. The molecule has 1 N–H and O–H groups in total. The number of hydrogen-bond acceptors (Lipinski definition) is 1. The summed E-state index contributed by atoms with van der Waals surface area (Å²) in [6.07, 6.45) is 0. The van der Waals surface area contributed by atoms with Crippen molar-refractivity contribution in [3.05, 3.63) is 70.2 Å².